The number of hydrogen-bond donors (Lipinski definition) is 1. The van der Waals surface area contributed by atoms with Crippen molar-refractivity contribution in [1.29, 1.82) is 0 Å². The van der Waals surface area contributed by atoms with Crippen molar-refractivity contribution in [2.45, 2.75) is 4.90 Å². The molecule has 0 amide bonds. The second kappa shape index (κ2) is 7.11. The van der Waals surface area contributed by atoms with Gasteiger partial charge < -0.3 is 9.29 Å². The Morgan fingerprint density at radius 2 is 1.69 bits per heavy atom. The molecule has 0 saturated heterocycles. The topological polar surface area (TPSA) is 97.7 Å². The minimum atomic E-state index is -4.03. The zero-order valence-electron chi connectivity index (χ0n) is 13.2. The van der Waals surface area contributed by atoms with Gasteiger partial charge >= 0.3 is 16.1 Å². The fourth-order valence-electron chi connectivity index (χ4n) is 2.24. The van der Waals surface area contributed by atoms with Crippen molar-refractivity contribution in [2.75, 3.05) is 0 Å². The van der Waals surface area contributed by atoms with Gasteiger partial charge in [0.15, 0.2) is 0 Å². The quantitative estimate of drug-likeness (QED) is 0.513. The van der Waals surface area contributed by atoms with E-state index in [1.54, 1.807) is 18.2 Å². The van der Waals surface area contributed by atoms with Gasteiger partial charge in [0, 0.05) is 5.56 Å². The Kier molecular flexibility index (Phi) is 4.88. The zero-order chi connectivity index (χ0) is 18.7. The van der Waals surface area contributed by atoms with E-state index in [1.807, 2.05) is 0 Å². The number of carbonyl (C=O) groups excluding carboxylic acids is 1. The van der Waals surface area contributed by atoms with Crippen molar-refractivity contribution in [3.05, 3.63) is 82.0 Å². The molecule has 0 unspecified atom stereocenters. The van der Waals surface area contributed by atoms with Crippen LogP contribution in [0.4, 0.5) is 0 Å². The van der Waals surface area contributed by atoms with E-state index in [1.165, 1.54) is 47.8 Å². The van der Waals surface area contributed by atoms with Gasteiger partial charge in [-0.1, -0.05) is 30.3 Å². The molecule has 6 nitrogen and oxygen atoms in total. The summed E-state index contributed by atoms with van der Waals surface area (Å²) < 4.78 is 29.6. The number of benzene rings is 2. The summed E-state index contributed by atoms with van der Waals surface area (Å²) in [6, 6.07) is 14.6. The van der Waals surface area contributed by atoms with Crippen LogP contribution in [0.2, 0.25) is 0 Å². The van der Waals surface area contributed by atoms with Gasteiger partial charge in [0.25, 0.3) is 0 Å². The molecule has 0 aliphatic carbocycles. The number of rotatable bonds is 6. The molecule has 1 N–H and O–H groups in total. The molecule has 1 heterocycles. The fraction of sp³-hybridized carbons (Fsp3) is 0. The van der Waals surface area contributed by atoms with Gasteiger partial charge in [-0.2, -0.15) is 8.42 Å². The molecule has 1 aromatic heterocycles. The molecule has 0 aliphatic heterocycles. The summed E-state index contributed by atoms with van der Waals surface area (Å²) in [6.45, 7) is 0. The van der Waals surface area contributed by atoms with E-state index in [0.717, 1.165) is 11.3 Å². The molecule has 8 heteroatoms. The summed E-state index contributed by atoms with van der Waals surface area (Å²) in [5.74, 6) is -1.75. The first-order valence-corrected chi connectivity index (χ1v) is 9.62. The average Bonchev–Trinajstić information content (AvgIpc) is 3.12. The minimum absolute atomic E-state index is 0.0110. The third-order valence-corrected chi connectivity index (χ3v) is 5.61. The van der Waals surface area contributed by atoms with Crippen LogP contribution < -0.4 is 4.18 Å². The largest absolute Gasteiger partial charge is 0.478 e. The van der Waals surface area contributed by atoms with E-state index in [4.69, 9.17) is 9.29 Å². The second-order valence-electron chi connectivity index (χ2n) is 5.18. The van der Waals surface area contributed by atoms with E-state index in [-0.39, 0.29) is 26.6 Å². The molecule has 0 radical (unpaired) electrons. The maximum Gasteiger partial charge on any atom is 0.339 e. The van der Waals surface area contributed by atoms with E-state index in [0.29, 0.717) is 0 Å². The van der Waals surface area contributed by atoms with Crippen LogP contribution in [0, 0.1) is 0 Å². The fourth-order valence-corrected chi connectivity index (χ4v) is 4.03. The SMILES string of the molecule is O=C(O)c1ccsc1C(=O)c1cccc(OS(=O)(=O)c2ccccc2)c1. The van der Waals surface area contributed by atoms with Gasteiger partial charge in [-0.3, -0.25) is 4.79 Å². The van der Waals surface area contributed by atoms with Crippen molar-refractivity contribution in [3.63, 3.8) is 0 Å². The maximum atomic E-state index is 12.6. The molecule has 0 bridgehead atoms. The van der Waals surface area contributed by atoms with Crippen molar-refractivity contribution in [1.82, 2.24) is 0 Å². The van der Waals surface area contributed by atoms with E-state index in [2.05, 4.69) is 0 Å². The lowest BCUT2D eigenvalue weighted by atomic mass is 10.1. The number of hydrogen-bond acceptors (Lipinski definition) is 6. The van der Waals surface area contributed by atoms with Gasteiger partial charge in [0.1, 0.15) is 10.6 Å². The average molecular weight is 388 g/mol. The summed E-state index contributed by atoms with van der Waals surface area (Å²) in [5, 5.41) is 10.6. The van der Waals surface area contributed by atoms with Crippen LogP contribution in [0.5, 0.6) is 5.75 Å². The van der Waals surface area contributed by atoms with Crippen molar-refractivity contribution in [3.8, 4) is 5.75 Å². The number of carboxylic acid groups (broad SMARTS) is 1. The Labute approximate surface area is 153 Å². The zero-order valence-corrected chi connectivity index (χ0v) is 14.8. The third-order valence-electron chi connectivity index (χ3n) is 3.44. The number of carbonyl (C=O) groups is 2. The monoisotopic (exact) mass is 388 g/mol. The van der Waals surface area contributed by atoms with Crippen molar-refractivity contribution >= 4 is 33.2 Å². The first-order valence-electron chi connectivity index (χ1n) is 7.33. The van der Waals surface area contributed by atoms with Crippen LogP contribution in [0.25, 0.3) is 0 Å². The maximum absolute atomic E-state index is 12.6. The van der Waals surface area contributed by atoms with Gasteiger partial charge in [-0.25, -0.2) is 4.79 Å². The number of carboxylic acids is 1. The molecular weight excluding hydrogens is 376 g/mol. The van der Waals surface area contributed by atoms with Crippen LogP contribution >= 0.6 is 11.3 Å². The summed E-state index contributed by atoms with van der Waals surface area (Å²) in [6.07, 6.45) is 0. The molecule has 2 aromatic carbocycles. The summed E-state index contributed by atoms with van der Waals surface area (Å²) in [5.41, 5.74) is 0.0407. The van der Waals surface area contributed by atoms with Crippen molar-refractivity contribution in [2.24, 2.45) is 0 Å². The summed E-state index contributed by atoms with van der Waals surface area (Å²) in [7, 11) is -4.03. The second-order valence-corrected chi connectivity index (χ2v) is 7.64. The molecule has 26 heavy (non-hydrogen) atoms. The molecule has 3 rings (SSSR count). The number of thiophene rings is 1. The lowest BCUT2D eigenvalue weighted by Crippen LogP contribution is -2.10. The van der Waals surface area contributed by atoms with Crippen LogP contribution in [0.3, 0.4) is 0 Å². The normalized spacial score (nSPS) is 11.1. The predicted molar refractivity (Wildman–Crippen MR) is 95.4 cm³/mol. The molecule has 0 spiro atoms. The Hall–Kier alpha value is -2.97. The van der Waals surface area contributed by atoms with E-state index in [9.17, 15) is 18.0 Å². The van der Waals surface area contributed by atoms with Crippen LogP contribution in [0.15, 0.2) is 70.9 Å². The van der Waals surface area contributed by atoms with Crippen LogP contribution in [-0.4, -0.2) is 25.3 Å². The molecule has 0 atom stereocenters. The van der Waals surface area contributed by atoms with Gasteiger partial charge in [-0.05, 0) is 35.7 Å². The van der Waals surface area contributed by atoms with Crippen LogP contribution in [0.1, 0.15) is 25.6 Å². The molecule has 0 aliphatic rings. The molecule has 0 saturated carbocycles. The molecular formula is C18H12O6S2. The minimum Gasteiger partial charge on any atom is -0.478 e. The van der Waals surface area contributed by atoms with Crippen LogP contribution in [-0.2, 0) is 10.1 Å². The predicted octanol–water partition coefficient (Wildman–Crippen LogP) is 3.45. The lowest BCUT2D eigenvalue weighted by Gasteiger charge is -2.08. The molecule has 0 fully saturated rings. The lowest BCUT2D eigenvalue weighted by molar-refractivity contribution is 0.0693. The van der Waals surface area contributed by atoms with Gasteiger partial charge in [0.05, 0.1) is 10.4 Å². The Morgan fingerprint density at radius 1 is 0.962 bits per heavy atom. The highest BCUT2D eigenvalue weighted by Crippen LogP contribution is 2.24. The number of aromatic carboxylic acids is 1. The number of ketones is 1. The standard InChI is InChI=1S/C18H12O6S2/c19-16(17-15(18(20)21)9-10-25-17)12-5-4-6-13(11-12)24-26(22,23)14-7-2-1-3-8-14/h1-11H,(H,20,21). The molecule has 3 aromatic rings. The first kappa shape index (κ1) is 17.8. The Morgan fingerprint density at radius 3 is 2.38 bits per heavy atom. The third kappa shape index (κ3) is 3.66. The summed E-state index contributed by atoms with van der Waals surface area (Å²) in [4.78, 5) is 23.8. The highest BCUT2D eigenvalue weighted by atomic mass is 32.2. The summed E-state index contributed by atoms with van der Waals surface area (Å²) >= 11 is 1.01. The molecule has 132 valence electrons. The van der Waals surface area contributed by atoms with E-state index >= 15 is 0 Å². The smallest absolute Gasteiger partial charge is 0.339 e. The van der Waals surface area contributed by atoms with Crippen molar-refractivity contribution < 1.29 is 27.3 Å². The highest BCUT2D eigenvalue weighted by Gasteiger charge is 2.21. The Bertz CT molecular complexity index is 1070. The Balaban J connectivity index is 1.90. The van der Waals surface area contributed by atoms with E-state index < -0.39 is 21.9 Å². The van der Waals surface area contributed by atoms with Gasteiger partial charge in [-0.15, -0.1) is 11.3 Å². The van der Waals surface area contributed by atoms with Gasteiger partial charge in [0.2, 0.25) is 5.78 Å². The highest BCUT2D eigenvalue weighted by molar-refractivity contribution is 7.87. The first-order chi connectivity index (χ1) is 12.4.